The number of aryl methyl sites for hydroxylation is 1. The number of carbonyl (C=O) groups is 2. The number of benzene rings is 2. The number of hydrogen-bond acceptors (Lipinski definition) is 6. The Labute approximate surface area is 207 Å². The number of amides is 2. The Morgan fingerprint density at radius 3 is 2.43 bits per heavy atom. The number of nitrogens with one attached hydrogen (secondary N) is 2. The van der Waals surface area contributed by atoms with E-state index in [4.69, 9.17) is 4.74 Å². The molecule has 35 heavy (non-hydrogen) atoms. The van der Waals surface area contributed by atoms with Crippen molar-refractivity contribution in [2.75, 3.05) is 32.1 Å². The van der Waals surface area contributed by atoms with E-state index >= 15 is 0 Å². The fourth-order valence-corrected chi connectivity index (χ4v) is 6.99. The third-order valence-corrected chi connectivity index (χ3v) is 8.78. The van der Waals surface area contributed by atoms with Crippen LogP contribution in [-0.4, -0.2) is 57.4 Å². The summed E-state index contributed by atoms with van der Waals surface area (Å²) >= 11 is 0. The normalized spacial score (nSPS) is 16.4. The van der Waals surface area contributed by atoms with Crippen LogP contribution in [0.4, 0.5) is 5.69 Å². The van der Waals surface area contributed by atoms with Crippen molar-refractivity contribution >= 4 is 27.5 Å². The Kier molecular flexibility index (Phi) is 7.88. The van der Waals surface area contributed by atoms with Crippen LogP contribution < -0.4 is 10.6 Å². The van der Waals surface area contributed by atoms with Gasteiger partial charge in [-0.05, 0) is 93.4 Å². The van der Waals surface area contributed by atoms with Gasteiger partial charge in [-0.15, -0.1) is 0 Å². The number of rotatable bonds is 7. The average Bonchev–Trinajstić information content (AvgIpc) is 2.85. The molecular formula is C26H33N3O5S. The monoisotopic (exact) mass is 499 g/mol. The van der Waals surface area contributed by atoms with Crippen LogP contribution in [0.3, 0.4) is 0 Å². The first-order chi connectivity index (χ1) is 16.8. The van der Waals surface area contributed by atoms with Crippen molar-refractivity contribution in [3.63, 3.8) is 0 Å². The van der Waals surface area contributed by atoms with Crippen molar-refractivity contribution in [1.29, 1.82) is 0 Å². The molecule has 1 aliphatic carbocycles. The van der Waals surface area contributed by atoms with E-state index in [9.17, 15) is 18.0 Å². The quantitative estimate of drug-likeness (QED) is 0.607. The molecule has 188 valence electrons. The molecule has 1 heterocycles. The molecule has 8 nitrogen and oxygen atoms in total. The predicted octanol–water partition coefficient (Wildman–Crippen LogP) is 3.04. The molecule has 1 aliphatic heterocycles. The number of carbonyl (C=O) groups excluding carboxylic acids is 2. The molecule has 1 saturated heterocycles. The molecule has 9 heteroatoms. The molecule has 2 N–H and O–H groups in total. The first-order valence-corrected chi connectivity index (χ1v) is 13.6. The minimum absolute atomic E-state index is 0.157. The summed E-state index contributed by atoms with van der Waals surface area (Å²) in [4.78, 5) is 26.1. The van der Waals surface area contributed by atoms with Gasteiger partial charge < -0.3 is 15.4 Å². The molecular weight excluding hydrogens is 466 g/mol. The molecule has 4 rings (SSSR count). The summed E-state index contributed by atoms with van der Waals surface area (Å²) < 4.78 is 34.0. The maximum atomic E-state index is 14.0. The second-order valence-corrected chi connectivity index (χ2v) is 10.9. The maximum absolute atomic E-state index is 14.0. The van der Waals surface area contributed by atoms with E-state index in [0.29, 0.717) is 55.6 Å². The number of nitrogens with zero attached hydrogens (tertiary/aromatic N) is 1. The van der Waals surface area contributed by atoms with E-state index < -0.39 is 22.0 Å². The highest BCUT2D eigenvalue weighted by Crippen LogP contribution is 2.36. The van der Waals surface area contributed by atoms with Gasteiger partial charge in [-0.3, -0.25) is 9.59 Å². The van der Waals surface area contributed by atoms with Gasteiger partial charge in [-0.1, -0.05) is 18.2 Å². The molecule has 0 aromatic heterocycles. The fraction of sp³-hybridized carbons (Fsp3) is 0.462. The average molecular weight is 500 g/mol. The summed E-state index contributed by atoms with van der Waals surface area (Å²) in [6.45, 7) is 2.89. The summed E-state index contributed by atoms with van der Waals surface area (Å²) in [7, 11) is -2.72. The molecule has 0 bridgehead atoms. The Bertz CT molecular complexity index is 1210. The molecule has 0 unspecified atom stereocenters. The van der Waals surface area contributed by atoms with Crippen LogP contribution in [0.1, 0.15) is 52.7 Å². The predicted molar refractivity (Wildman–Crippen MR) is 134 cm³/mol. The highest BCUT2D eigenvalue weighted by Gasteiger charge is 2.38. The van der Waals surface area contributed by atoms with Gasteiger partial charge in [0, 0.05) is 18.4 Å². The number of sulfonamides is 1. The largest absolute Gasteiger partial charge is 0.375 e. The summed E-state index contributed by atoms with van der Waals surface area (Å²) in [5, 5.41) is 6.22. The van der Waals surface area contributed by atoms with Gasteiger partial charge in [0.15, 0.2) is 0 Å². The third kappa shape index (κ3) is 5.27. The molecule has 2 aromatic carbocycles. The number of piperidine rings is 1. The molecule has 0 atom stereocenters. The van der Waals surface area contributed by atoms with Crippen molar-refractivity contribution in [3.05, 3.63) is 58.7 Å². The van der Waals surface area contributed by atoms with Gasteiger partial charge in [0.1, 0.15) is 6.61 Å². The van der Waals surface area contributed by atoms with Gasteiger partial charge in [-0.2, -0.15) is 0 Å². The molecule has 2 aliphatic rings. The van der Waals surface area contributed by atoms with Crippen LogP contribution in [0.15, 0.2) is 41.3 Å². The Hall–Kier alpha value is -2.75. The van der Waals surface area contributed by atoms with E-state index in [-0.39, 0.29) is 17.4 Å². The minimum atomic E-state index is -4.10. The molecule has 1 fully saturated rings. The van der Waals surface area contributed by atoms with Gasteiger partial charge in [0.05, 0.1) is 10.9 Å². The van der Waals surface area contributed by atoms with Gasteiger partial charge >= 0.3 is 0 Å². The number of ether oxygens (including phenoxy) is 1. The zero-order chi connectivity index (χ0) is 25.0. The zero-order valence-electron chi connectivity index (χ0n) is 20.3. The Morgan fingerprint density at radius 1 is 1.06 bits per heavy atom. The molecule has 2 aromatic rings. The number of fused-ring (bicyclic) bond motifs is 1. The summed E-state index contributed by atoms with van der Waals surface area (Å²) in [5.74, 6) is -0.779. The number of hydrogen-bond donors (Lipinski definition) is 2. The highest BCUT2D eigenvalue weighted by atomic mass is 32.2. The first-order valence-electron chi connectivity index (χ1n) is 12.1. The van der Waals surface area contributed by atoms with Crippen molar-refractivity contribution in [3.8, 4) is 0 Å². The summed E-state index contributed by atoms with van der Waals surface area (Å²) in [5.41, 5.74) is 3.61. The van der Waals surface area contributed by atoms with Crippen LogP contribution in [0.5, 0.6) is 0 Å². The number of anilines is 1. The standard InChI is InChI=1S/C26H33N3O5S/c1-18-7-3-4-8-20(18)26(31)28-23-11-12-24(22-10-6-5-9-21(22)23)35(32,33)29(25(30)17-34-2)19-13-15-27-16-14-19/h3-4,7-8,11-12,19,27H,5-6,9-10,13-17H2,1-2H3,(H,28,31). The lowest BCUT2D eigenvalue weighted by Gasteiger charge is -2.35. The lowest BCUT2D eigenvalue weighted by Crippen LogP contribution is -2.50. The van der Waals surface area contributed by atoms with Crippen LogP contribution in [0.25, 0.3) is 0 Å². The van der Waals surface area contributed by atoms with E-state index in [1.807, 2.05) is 25.1 Å². The van der Waals surface area contributed by atoms with Gasteiger partial charge in [0.25, 0.3) is 21.8 Å². The molecule has 0 spiro atoms. The topological polar surface area (TPSA) is 105 Å². The molecule has 0 radical (unpaired) electrons. The maximum Gasteiger partial charge on any atom is 0.267 e. The summed E-state index contributed by atoms with van der Waals surface area (Å²) in [6.07, 6.45) is 4.12. The fourth-order valence-electron chi connectivity index (χ4n) is 5.08. The van der Waals surface area contributed by atoms with Crippen LogP contribution in [0, 0.1) is 6.92 Å². The third-order valence-electron chi connectivity index (χ3n) is 6.82. The summed E-state index contributed by atoms with van der Waals surface area (Å²) in [6, 6.07) is 10.1. The second-order valence-electron chi connectivity index (χ2n) is 9.15. The second kappa shape index (κ2) is 10.9. The van der Waals surface area contributed by atoms with E-state index in [0.717, 1.165) is 28.3 Å². The van der Waals surface area contributed by atoms with E-state index in [2.05, 4.69) is 10.6 Å². The van der Waals surface area contributed by atoms with Crippen LogP contribution >= 0.6 is 0 Å². The molecule has 2 amide bonds. The Morgan fingerprint density at radius 2 is 1.74 bits per heavy atom. The van der Waals surface area contributed by atoms with Gasteiger partial charge in [0.2, 0.25) is 0 Å². The minimum Gasteiger partial charge on any atom is -0.375 e. The smallest absolute Gasteiger partial charge is 0.267 e. The van der Waals surface area contributed by atoms with Crippen molar-refractivity contribution in [2.45, 2.75) is 56.4 Å². The SMILES string of the molecule is COCC(=O)N(C1CCNCC1)S(=O)(=O)c1ccc(NC(=O)c2ccccc2C)c2c1CCCC2. The molecule has 0 saturated carbocycles. The lowest BCUT2D eigenvalue weighted by molar-refractivity contribution is -0.132. The van der Waals surface area contributed by atoms with E-state index in [1.54, 1.807) is 18.2 Å². The first kappa shape index (κ1) is 25.3. The van der Waals surface area contributed by atoms with Crippen molar-refractivity contribution < 1.29 is 22.7 Å². The lowest BCUT2D eigenvalue weighted by atomic mass is 9.90. The van der Waals surface area contributed by atoms with Gasteiger partial charge in [-0.25, -0.2) is 12.7 Å². The van der Waals surface area contributed by atoms with Crippen LogP contribution in [0.2, 0.25) is 0 Å². The zero-order valence-corrected chi connectivity index (χ0v) is 21.1. The van der Waals surface area contributed by atoms with Crippen molar-refractivity contribution in [1.82, 2.24) is 9.62 Å². The van der Waals surface area contributed by atoms with Crippen molar-refractivity contribution in [2.24, 2.45) is 0 Å². The highest BCUT2D eigenvalue weighted by molar-refractivity contribution is 7.89. The number of methoxy groups -OCH3 is 1. The van der Waals surface area contributed by atoms with Crippen LogP contribution in [-0.2, 0) is 32.4 Å². The Balaban J connectivity index is 1.73. The van der Waals surface area contributed by atoms with E-state index in [1.165, 1.54) is 7.11 Å².